The molecular formula is C22H32N4O. The van der Waals surface area contributed by atoms with Crippen LogP contribution < -0.4 is 5.32 Å². The van der Waals surface area contributed by atoms with E-state index in [2.05, 4.69) is 45.7 Å². The highest BCUT2D eigenvalue weighted by atomic mass is 16.1. The fraction of sp³-hybridized carbons (Fsp3) is 0.545. The second-order valence-corrected chi connectivity index (χ2v) is 7.83. The number of aromatic nitrogens is 2. The Labute approximate surface area is 162 Å². The van der Waals surface area contributed by atoms with Gasteiger partial charge in [0.05, 0.1) is 6.04 Å². The summed E-state index contributed by atoms with van der Waals surface area (Å²) in [6, 6.07) is 10.9. The van der Waals surface area contributed by atoms with Crippen molar-refractivity contribution in [3.63, 3.8) is 0 Å². The van der Waals surface area contributed by atoms with Crippen LogP contribution in [0.25, 0.3) is 0 Å². The maximum Gasteiger partial charge on any atom is 0.223 e. The number of nitrogens with one attached hydrogen (secondary N) is 1. The van der Waals surface area contributed by atoms with Gasteiger partial charge in [-0.15, -0.1) is 0 Å². The van der Waals surface area contributed by atoms with E-state index >= 15 is 0 Å². The van der Waals surface area contributed by atoms with Gasteiger partial charge in [-0.25, -0.2) is 4.98 Å². The fourth-order valence-electron chi connectivity index (χ4n) is 3.88. The van der Waals surface area contributed by atoms with Gasteiger partial charge < -0.3 is 14.8 Å². The Kier molecular flexibility index (Phi) is 6.67. The number of carbonyl (C=O) groups is 1. The Bertz CT molecular complexity index is 717. The summed E-state index contributed by atoms with van der Waals surface area (Å²) < 4.78 is 2.14. The van der Waals surface area contributed by atoms with Crippen molar-refractivity contribution in [1.29, 1.82) is 0 Å². The Morgan fingerprint density at radius 3 is 2.52 bits per heavy atom. The quantitative estimate of drug-likeness (QED) is 0.813. The lowest BCUT2D eigenvalue weighted by Gasteiger charge is -2.34. The van der Waals surface area contributed by atoms with Gasteiger partial charge in [-0.3, -0.25) is 4.79 Å². The van der Waals surface area contributed by atoms with Crippen LogP contribution in [-0.4, -0.2) is 39.5 Å². The van der Waals surface area contributed by atoms with Crippen LogP contribution in [0.1, 0.15) is 50.5 Å². The maximum atomic E-state index is 12.9. The molecule has 2 aromatic rings. The van der Waals surface area contributed by atoms with Crippen molar-refractivity contribution >= 4 is 5.91 Å². The monoisotopic (exact) mass is 368 g/mol. The SMILES string of the molecule is Cc1nccn1CC[C@H](NC(=O)C1CCN(C(C)C)CC1)c1ccccc1. The molecule has 2 heterocycles. The molecule has 0 spiro atoms. The summed E-state index contributed by atoms with van der Waals surface area (Å²) in [5.41, 5.74) is 1.17. The van der Waals surface area contributed by atoms with Crippen LogP contribution in [0, 0.1) is 12.8 Å². The van der Waals surface area contributed by atoms with Crippen molar-refractivity contribution in [2.24, 2.45) is 5.92 Å². The van der Waals surface area contributed by atoms with Crippen molar-refractivity contribution in [1.82, 2.24) is 19.8 Å². The average molecular weight is 369 g/mol. The molecule has 1 saturated heterocycles. The molecule has 3 rings (SSSR count). The normalized spacial score (nSPS) is 17.2. The van der Waals surface area contributed by atoms with Gasteiger partial charge in [0.1, 0.15) is 5.82 Å². The minimum atomic E-state index is 0.0311. The number of likely N-dealkylation sites (tertiary alicyclic amines) is 1. The molecule has 0 bridgehead atoms. The van der Waals surface area contributed by atoms with Crippen molar-refractivity contribution in [2.75, 3.05) is 13.1 Å². The standard InChI is InChI=1S/C22H32N4O/c1-17(2)25-13-9-20(10-14-25)22(27)24-21(19-7-5-4-6-8-19)11-15-26-16-12-23-18(26)3/h4-8,12,16-17,20-21H,9-11,13-15H2,1-3H3,(H,24,27)/t21-/m0/s1. The molecule has 146 valence electrons. The minimum absolute atomic E-state index is 0.0311. The van der Waals surface area contributed by atoms with E-state index in [1.165, 1.54) is 5.56 Å². The molecule has 1 amide bonds. The average Bonchev–Trinajstić information content (AvgIpc) is 3.10. The number of amides is 1. The molecule has 1 atom stereocenters. The third-order valence-corrected chi connectivity index (χ3v) is 5.73. The molecule has 1 aromatic heterocycles. The molecule has 0 aliphatic carbocycles. The Morgan fingerprint density at radius 1 is 1.22 bits per heavy atom. The molecule has 1 aromatic carbocycles. The number of aryl methyl sites for hydroxylation is 2. The van der Waals surface area contributed by atoms with Gasteiger partial charge in [-0.05, 0) is 58.7 Å². The maximum absolute atomic E-state index is 12.9. The highest BCUT2D eigenvalue weighted by molar-refractivity contribution is 5.79. The molecule has 0 radical (unpaired) electrons. The van der Waals surface area contributed by atoms with E-state index in [4.69, 9.17) is 0 Å². The third kappa shape index (κ3) is 5.19. The second-order valence-electron chi connectivity index (χ2n) is 7.83. The lowest BCUT2D eigenvalue weighted by molar-refractivity contribution is -0.127. The summed E-state index contributed by atoms with van der Waals surface area (Å²) in [5.74, 6) is 1.34. The molecular weight excluding hydrogens is 336 g/mol. The predicted molar refractivity (Wildman–Crippen MR) is 108 cm³/mol. The van der Waals surface area contributed by atoms with Gasteiger partial charge in [0.15, 0.2) is 0 Å². The highest BCUT2D eigenvalue weighted by Gasteiger charge is 2.27. The zero-order valence-electron chi connectivity index (χ0n) is 16.8. The number of rotatable bonds is 7. The van der Waals surface area contributed by atoms with Crippen LogP contribution in [0.4, 0.5) is 0 Å². The smallest absolute Gasteiger partial charge is 0.223 e. The van der Waals surface area contributed by atoms with E-state index < -0.39 is 0 Å². The van der Waals surface area contributed by atoms with Crippen LogP contribution in [0.2, 0.25) is 0 Å². The highest BCUT2D eigenvalue weighted by Crippen LogP contribution is 2.23. The van der Waals surface area contributed by atoms with E-state index in [9.17, 15) is 4.79 Å². The Balaban J connectivity index is 1.63. The number of piperidine rings is 1. The molecule has 1 aliphatic heterocycles. The van der Waals surface area contributed by atoms with E-state index in [0.29, 0.717) is 6.04 Å². The zero-order valence-corrected chi connectivity index (χ0v) is 16.8. The second kappa shape index (κ2) is 9.18. The van der Waals surface area contributed by atoms with E-state index in [0.717, 1.165) is 44.7 Å². The Morgan fingerprint density at radius 2 is 1.93 bits per heavy atom. The van der Waals surface area contributed by atoms with E-state index in [1.54, 1.807) is 0 Å². The first kappa shape index (κ1) is 19.6. The number of hydrogen-bond acceptors (Lipinski definition) is 3. The molecule has 1 fully saturated rings. The van der Waals surface area contributed by atoms with Gasteiger partial charge in [0.2, 0.25) is 5.91 Å². The van der Waals surface area contributed by atoms with Crippen molar-refractivity contribution in [3.05, 3.63) is 54.1 Å². The van der Waals surface area contributed by atoms with E-state index in [-0.39, 0.29) is 17.9 Å². The minimum Gasteiger partial charge on any atom is -0.349 e. The molecule has 0 unspecified atom stereocenters. The molecule has 27 heavy (non-hydrogen) atoms. The lowest BCUT2D eigenvalue weighted by atomic mass is 9.94. The van der Waals surface area contributed by atoms with E-state index in [1.807, 2.05) is 37.5 Å². The molecule has 0 saturated carbocycles. The van der Waals surface area contributed by atoms with Crippen LogP contribution in [0.15, 0.2) is 42.7 Å². The van der Waals surface area contributed by atoms with Crippen molar-refractivity contribution in [3.8, 4) is 0 Å². The van der Waals surface area contributed by atoms with Gasteiger partial charge in [-0.2, -0.15) is 0 Å². The van der Waals surface area contributed by atoms with Gasteiger partial charge >= 0.3 is 0 Å². The summed E-state index contributed by atoms with van der Waals surface area (Å²) in [5, 5.41) is 3.34. The number of benzene rings is 1. The first-order chi connectivity index (χ1) is 13.0. The van der Waals surface area contributed by atoms with Crippen molar-refractivity contribution < 1.29 is 4.79 Å². The zero-order chi connectivity index (χ0) is 19.2. The van der Waals surface area contributed by atoms with Gasteiger partial charge in [-0.1, -0.05) is 30.3 Å². The van der Waals surface area contributed by atoms with Crippen LogP contribution >= 0.6 is 0 Å². The fourth-order valence-corrected chi connectivity index (χ4v) is 3.88. The number of imidazole rings is 1. The summed E-state index contributed by atoms with van der Waals surface area (Å²) in [6.45, 7) is 9.34. The predicted octanol–water partition coefficient (Wildman–Crippen LogP) is 3.56. The molecule has 1 N–H and O–H groups in total. The summed E-state index contributed by atoms with van der Waals surface area (Å²) >= 11 is 0. The summed E-state index contributed by atoms with van der Waals surface area (Å²) in [4.78, 5) is 19.7. The number of hydrogen-bond donors (Lipinski definition) is 1. The topological polar surface area (TPSA) is 50.2 Å². The lowest BCUT2D eigenvalue weighted by Crippen LogP contribution is -2.43. The largest absolute Gasteiger partial charge is 0.349 e. The molecule has 5 heteroatoms. The Hall–Kier alpha value is -2.14. The number of carbonyl (C=O) groups excluding carboxylic acids is 1. The number of nitrogens with zero attached hydrogens (tertiary/aromatic N) is 3. The van der Waals surface area contributed by atoms with Crippen LogP contribution in [0.5, 0.6) is 0 Å². The summed E-state index contributed by atoms with van der Waals surface area (Å²) in [6.07, 6.45) is 6.59. The van der Waals surface area contributed by atoms with Gasteiger partial charge in [0, 0.05) is 30.9 Å². The molecule has 1 aliphatic rings. The van der Waals surface area contributed by atoms with Crippen molar-refractivity contribution in [2.45, 2.75) is 58.7 Å². The van der Waals surface area contributed by atoms with Gasteiger partial charge in [0.25, 0.3) is 0 Å². The first-order valence-electron chi connectivity index (χ1n) is 10.1. The van der Waals surface area contributed by atoms with Crippen LogP contribution in [0.3, 0.4) is 0 Å². The van der Waals surface area contributed by atoms with Crippen LogP contribution in [-0.2, 0) is 11.3 Å². The first-order valence-corrected chi connectivity index (χ1v) is 10.1. The summed E-state index contributed by atoms with van der Waals surface area (Å²) in [7, 11) is 0. The third-order valence-electron chi connectivity index (χ3n) is 5.73. The molecule has 5 nitrogen and oxygen atoms in total.